The summed E-state index contributed by atoms with van der Waals surface area (Å²) in [7, 11) is 0. The first-order chi connectivity index (χ1) is 4.39. The fourth-order valence-corrected chi connectivity index (χ4v) is 1.31. The van der Waals surface area contributed by atoms with Crippen molar-refractivity contribution in [2.75, 3.05) is 0 Å². The molecule has 0 N–H and O–H groups in total. The van der Waals surface area contributed by atoms with E-state index in [9.17, 15) is 0 Å². The first kappa shape index (κ1) is 9.06. The molecule has 0 aromatic rings. The van der Waals surface area contributed by atoms with Crippen molar-refractivity contribution in [2.45, 2.75) is 52.6 Å². The molecular formula is C8H19B. The summed E-state index contributed by atoms with van der Waals surface area (Å²) >= 11 is 0. The van der Waals surface area contributed by atoms with Crippen molar-refractivity contribution in [3.8, 4) is 0 Å². The molecule has 1 rings (SSSR count). The SMILES string of the molecule is CB1CCCCC1.CC. The van der Waals surface area contributed by atoms with Crippen molar-refractivity contribution in [2.24, 2.45) is 0 Å². The van der Waals surface area contributed by atoms with Gasteiger partial charge >= 0.3 is 0 Å². The molecule has 1 heterocycles. The minimum absolute atomic E-state index is 1.04. The largest absolute Gasteiger partial charge is 0.136 e. The molecule has 0 radical (unpaired) electrons. The third-order valence-electron chi connectivity index (χ3n) is 1.89. The average Bonchev–Trinajstić information content (AvgIpc) is 1.94. The lowest BCUT2D eigenvalue weighted by molar-refractivity contribution is 0.725. The van der Waals surface area contributed by atoms with E-state index in [4.69, 9.17) is 0 Å². The van der Waals surface area contributed by atoms with Crippen LogP contribution in [0.5, 0.6) is 0 Å². The van der Waals surface area contributed by atoms with Gasteiger partial charge in [-0.2, -0.15) is 0 Å². The van der Waals surface area contributed by atoms with Crippen LogP contribution in [0.15, 0.2) is 0 Å². The minimum atomic E-state index is 1.04. The second-order valence-electron chi connectivity index (χ2n) is 2.74. The summed E-state index contributed by atoms with van der Waals surface area (Å²) in [5, 5.41) is 0. The molecule has 1 aliphatic heterocycles. The molecule has 54 valence electrons. The van der Waals surface area contributed by atoms with Crippen molar-refractivity contribution in [3.63, 3.8) is 0 Å². The molecule has 0 unspecified atom stereocenters. The monoisotopic (exact) mass is 126 g/mol. The molecule has 0 atom stereocenters. The van der Waals surface area contributed by atoms with Gasteiger partial charge in [0.1, 0.15) is 6.71 Å². The van der Waals surface area contributed by atoms with Gasteiger partial charge in [0.15, 0.2) is 0 Å². The molecule has 0 saturated carbocycles. The first-order valence-electron chi connectivity index (χ1n) is 4.39. The molecule has 1 saturated heterocycles. The Kier molecular flexibility index (Phi) is 6.23. The van der Waals surface area contributed by atoms with Gasteiger partial charge in [0.05, 0.1) is 0 Å². The van der Waals surface area contributed by atoms with Crippen LogP contribution < -0.4 is 0 Å². The van der Waals surface area contributed by atoms with E-state index in [0.29, 0.717) is 0 Å². The van der Waals surface area contributed by atoms with Crippen molar-refractivity contribution < 1.29 is 0 Å². The summed E-state index contributed by atoms with van der Waals surface area (Å²) in [6.07, 6.45) is 7.44. The second-order valence-corrected chi connectivity index (χ2v) is 2.74. The van der Waals surface area contributed by atoms with Crippen LogP contribution in [-0.4, -0.2) is 6.71 Å². The standard InChI is InChI=1S/C6H13B.C2H6/c1-7-5-3-2-4-6-7;1-2/h2-6H2,1H3;1-2H3. The summed E-state index contributed by atoms with van der Waals surface area (Å²) in [6.45, 7) is 7.40. The van der Waals surface area contributed by atoms with Crippen LogP contribution in [0.1, 0.15) is 33.1 Å². The van der Waals surface area contributed by atoms with Crippen LogP contribution in [0.25, 0.3) is 0 Å². The average molecular weight is 126 g/mol. The fraction of sp³-hybridized carbons (Fsp3) is 1.00. The van der Waals surface area contributed by atoms with Crippen LogP contribution in [0.2, 0.25) is 19.5 Å². The van der Waals surface area contributed by atoms with Gasteiger partial charge in [0.25, 0.3) is 0 Å². The zero-order valence-electron chi connectivity index (χ0n) is 7.11. The summed E-state index contributed by atoms with van der Waals surface area (Å²) in [6, 6.07) is 0. The predicted octanol–water partition coefficient (Wildman–Crippen LogP) is 3.32. The van der Waals surface area contributed by atoms with Gasteiger partial charge in [0.2, 0.25) is 0 Å². The topological polar surface area (TPSA) is 0 Å². The molecule has 0 aromatic heterocycles. The molecule has 1 heteroatoms. The van der Waals surface area contributed by atoms with E-state index in [0.717, 1.165) is 6.71 Å². The van der Waals surface area contributed by atoms with E-state index < -0.39 is 0 Å². The molecular weight excluding hydrogens is 107 g/mol. The molecule has 1 aliphatic rings. The van der Waals surface area contributed by atoms with Crippen molar-refractivity contribution in [3.05, 3.63) is 0 Å². The Morgan fingerprint density at radius 3 is 1.56 bits per heavy atom. The van der Waals surface area contributed by atoms with Crippen LogP contribution in [0.4, 0.5) is 0 Å². The summed E-state index contributed by atoms with van der Waals surface area (Å²) in [5.74, 6) is 0. The van der Waals surface area contributed by atoms with Gasteiger partial charge in [0, 0.05) is 0 Å². The quantitative estimate of drug-likeness (QED) is 0.436. The highest BCUT2D eigenvalue weighted by atomic mass is 13.9. The maximum absolute atomic E-state index is 2.36. The molecule has 0 aromatic carbocycles. The van der Waals surface area contributed by atoms with Crippen molar-refractivity contribution in [1.29, 1.82) is 0 Å². The fourth-order valence-electron chi connectivity index (χ4n) is 1.31. The Hall–Kier alpha value is 0.0649. The molecule has 1 fully saturated rings. The van der Waals surface area contributed by atoms with Gasteiger partial charge in [-0.1, -0.05) is 52.6 Å². The highest BCUT2D eigenvalue weighted by Crippen LogP contribution is 2.17. The number of hydrogen-bond donors (Lipinski definition) is 0. The highest BCUT2D eigenvalue weighted by molar-refractivity contribution is 6.57. The van der Waals surface area contributed by atoms with Gasteiger partial charge in [-0.15, -0.1) is 0 Å². The Morgan fingerprint density at radius 2 is 1.33 bits per heavy atom. The number of hydrogen-bond acceptors (Lipinski definition) is 0. The van der Waals surface area contributed by atoms with E-state index in [1.165, 1.54) is 31.9 Å². The third-order valence-corrected chi connectivity index (χ3v) is 1.89. The van der Waals surface area contributed by atoms with Gasteiger partial charge in [-0.05, 0) is 0 Å². The zero-order chi connectivity index (χ0) is 7.11. The summed E-state index contributed by atoms with van der Waals surface area (Å²) in [5.41, 5.74) is 0. The predicted molar refractivity (Wildman–Crippen MR) is 46.4 cm³/mol. The van der Waals surface area contributed by atoms with E-state index in [-0.39, 0.29) is 0 Å². The maximum atomic E-state index is 2.36. The van der Waals surface area contributed by atoms with Crippen LogP contribution in [0.3, 0.4) is 0 Å². The third kappa shape index (κ3) is 4.56. The summed E-state index contributed by atoms with van der Waals surface area (Å²) in [4.78, 5) is 0. The van der Waals surface area contributed by atoms with Crippen LogP contribution in [-0.2, 0) is 0 Å². The molecule has 0 aliphatic carbocycles. The second kappa shape index (κ2) is 6.19. The Balaban J connectivity index is 0.000000291. The lowest BCUT2D eigenvalue weighted by Gasteiger charge is -2.12. The van der Waals surface area contributed by atoms with Crippen molar-refractivity contribution in [1.82, 2.24) is 0 Å². The van der Waals surface area contributed by atoms with Crippen molar-refractivity contribution >= 4 is 6.71 Å². The van der Waals surface area contributed by atoms with Gasteiger partial charge < -0.3 is 0 Å². The van der Waals surface area contributed by atoms with Crippen LogP contribution >= 0.6 is 0 Å². The van der Waals surface area contributed by atoms with Gasteiger partial charge in [-0.3, -0.25) is 0 Å². The Bertz CT molecular complexity index is 46.5. The number of rotatable bonds is 0. The summed E-state index contributed by atoms with van der Waals surface area (Å²) < 4.78 is 0. The molecule has 0 spiro atoms. The smallest absolute Gasteiger partial charge is 0.0861 e. The highest BCUT2D eigenvalue weighted by Gasteiger charge is 2.09. The lowest BCUT2D eigenvalue weighted by Crippen LogP contribution is -2.09. The minimum Gasteiger partial charge on any atom is -0.0861 e. The normalized spacial score (nSPS) is 18.3. The van der Waals surface area contributed by atoms with E-state index >= 15 is 0 Å². The molecule has 0 bridgehead atoms. The van der Waals surface area contributed by atoms with Crippen LogP contribution in [0, 0.1) is 0 Å². The van der Waals surface area contributed by atoms with E-state index in [1.54, 1.807) is 0 Å². The Labute approximate surface area is 60.1 Å². The van der Waals surface area contributed by atoms with Gasteiger partial charge in [-0.25, -0.2) is 0 Å². The molecule has 0 nitrogen and oxygen atoms in total. The first-order valence-corrected chi connectivity index (χ1v) is 4.39. The lowest BCUT2D eigenvalue weighted by atomic mass is 9.44. The van der Waals surface area contributed by atoms with E-state index in [2.05, 4.69) is 6.82 Å². The molecule has 0 amide bonds. The maximum Gasteiger partial charge on any atom is 0.136 e. The Morgan fingerprint density at radius 1 is 0.889 bits per heavy atom. The molecule has 9 heavy (non-hydrogen) atoms. The van der Waals surface area contributed by atoms with E-state index in [1.807, 2.05) is 13.8 Å². The zero-order valence-corrected chi connectivity index (χ0v) is 7.11.